The minimum absolute atomic E-state index is 0.0470. The van der Waals surface area contributed by atoms with Gasteiger partial charge in [-0.2, -0.15) is 0 Å². The second-order valence-electron chi connectivity index (χ2n) is 2.95. The first-order valence-electron chi connectivity index (χ1n) is 4.31. The van der Waals surface area contributed by atoms with Gasteiger partial charge in [-0.25, -0.2) is 9.67 Å². The second kappa shape index (κ2) is 4.19. The summed E-state index contributed by atoms with van der Waals surface area (Å²) in [6.45, 7) is 0. The maximum Gasteiger partial charge on any atom is 0.269 e. The van der Waals surface area contributed by atoms with Gasteiger partial charge in [0.25, 0.3) is 5.69 Å². The Balaban J connectivity index is 2.37. The van der Waals surface area contributed by atoms with E-state index in [0.717, 1.165) is 11.5 Å². The molecule has 1 heterocycles. The van der Waals surface area contributed by atoms with Crippen LogP contribution >= 0.6 is 11.5 Å². The lowest BCUT2D eigenvalue weighted by Gasteiger charge is -1.92. The normalized spacial score (nSPS) is 11.7. The third-order valence-electron chi connectivity index (χ3n) is 1.86. The molecule has 0 unspecified atom stereocenters. The maximum atomic E-state index is 10.4. The third kappa shape index (κ3) is 2.11. The summed E-state index contributed by atoms with van der Waals surface area (Å²) in [4.78, 5) is 14.9. The van der Waals surface area contributed by atoms with Gasteiger partial charge >= 0.3 is 0 Å². The highest BCUT2D eigenvalue weighted by Crippen LogP contribution is 2.17. The quantitative estimate of drug-likeness (QED) is 0.576. The molecule has 2 aromatic rings. The lowest BCUT2D eigenvalue weighted by atomic mass is 10.3. The molecule has 0 saturated carbocycles. The van der Waals surface area contributed by atoms with Crippen molar-refractivity contribution in [1.29, 1.82) is 0 Å². The number of nitrogens with zero attached hydrogens (tertiary/aromatic N) is 5. The molecule has 0 bridgehead atoms. The second-order valence-corrected chi connectivity index (χ2v) is 3.66. The lowest BCUT2D eigenvalue weighted by molar-refractivity contribution is -0.384. The van der Waals surface area contributed by atoms with E-state index in [-0.39, 0.29) is 5.69 Å². The van der Waals surface area contributed by atoms with Crippen LogP contribution in [0.15, 0.2) is 29.3 Å². The highest BCUT2D eigenvalue weighted by atomic mass is 32.1. The van der Waals surface area contributed by atoms with Crippen LogP contribution in [0.5, 0.6) is 0 Å². The van der Waals surface area contributed by atoms with Gasteiger partial charge in [0.1, 0.15) is 0 Å². The SMILES string of the molecule is Cn1nnsc1=Nc1ccc([N+](=O)[O-])cc1. The number of nitro benzene ring substituents is 1. The zero-order valence-electron chi connectivity index (χ0n) is 8.27. The van der Waals surface area contributed by atoms with E-state index < -0.39 is 4.92 Å². The fraction of sp³-hybridized carbons (Fsp3) is 0.125. The number of hydrogen-bond donors (Lipinski definition) is 0. The summed E-state index contributed by atoms with van der Waals surface area (Å²) < 4.78 is 5.25. The van der Waals surface area contributed by atoms with Crippen molar-refractivity contribution in [3.63, 3.8) is 0 Å². The molecule has 7 nitrogen and oxygen atoms in total. The summed E-state index contributed by atoms with van der Waals surface area (Å²) in [5.41, 5.74) is 0.679. The Morgan fingerprint density at radius 1 is 1.44 bits per heavy atom. The summed E-state index contributed by atoms with van der Waals surface area (Å²) in [5.74, 6) is 0. The van der Waals surface area contributed by atoms with Crippen molar-refractivity contribution < 1.29 is 4.92 Å². The molecule has 0 radical (unpaired) electrons. The average Bonchev–Trinajstić information content (AvgIpc) is 2.65. The fourth-order valence-corrected chi connectivity index (χ4v) is 1.58. The van der Waals surface area contributed by atoms with Crippen molar-refractivity contribution in [3.05, 3.63) is 39.2 Å². The van der Waals surface area contributed by atoms with Gasteiger partial charge < -0.3 is 0 Å². The fourth-order valence-electron chi connectivity index (χ4n) is 1.06. The van der Waals surface area contributed by atoms with Crippen LogP contribution in [0.4, 0.5) is 11.4 Å². The van der Waals surface area contributed by atoms with Gasteiger partial charge in [0.15, 0.2) is 0 Å². The van der Waals surface area contributed by atoms with E-state index in [1.54, 1.807) is 19.2 Å². The summed E-state index contributed by atoms with van der Waals surface area (Å²) in [7, 11) is 1.73. The topological polar surface area (TPSA) is 86.2 Å². The minimum atomic E-state index is -0.446. The summed E-state index contributed by atoms with van der Waals surface area (Å²) >= 11 is 1.16. The average molecular weight is 237 g/mol. The number of hydrogen-bond acceptors (Lipinski definition) is 6. The molecule has 1 aromatic carbocycles. The van der Waals surface area contributed by atoms with Crippen LogP contribution in [-0.2, 0) is 7.05 Å². The molecule has 0 saturated heterocycles. The predicted octanol–water partition coefficient (Wildman–Crippen LogP) is 1.02. The number of aromatic nitrogens is 3. The van der Waals surface area contributed by atoms with E-state index in [9.17, 15) is 10.1 Å². The molecule has 0 atom stereocenters. The maximum absolute atomic E-state index is 10.4. The molecule has 82 valence electrons. The zero-order chi connectivity index (χ0) is 11.5. The van der Waals surface area contributed by atoms with Crippen molar-refractivity contribution >= 4 is 22.9 Å². The molecule has 2 rings (SSSR count). The van der Waals surface area contributed by atoms with Crippen molar-refractivity contribution in [1.82, 2.24) is 14.4 Å². The van der Waals surface area contributed by atoms with Crippen molar-refractivity contribution in [2.45, 2.75) is 0 Å². The standard InChI is InChI=1S/C8H7N5O2S/c1-12-8(16-11-10-12)9-6-2-4-7(5-3-6)13(14)15/h2-5H,1H3. The van der Waals surface area contributed by atoms with Crippen LogP contribution in [0.25, 0.3) is 0 Å². The van der Waals surface area contributed by atoms with E-state index >= 15 is 0 Å². The molecule has 16 heavy (non-hydrogen) atoms. The van der Waals surface area contributed by atoms with Crippen LogP contribution < -0.4 is 4.80 Å². The monoisotopic (exact) mass is 237 g/mol. The summed E-state index contributed by atoms with van der Waals surface area (Å²) in [6.07, 6.45) is 0. The zero-order valence-corrected chi connectivity index (χ0v) is 9.09. The summed E-state index contributed by atoms with van der Waals surface area (Å²) in [6, 6.07) is 5.98. The Morgan fingerprint density at radius 2 is 2.12 bits per heavy atom. The minimum Gasteiger partial charge on any atom is -0.258 e. The van der Waals surface area contributed by atoms with Crippen LogP contribution in [-0.4, -0.2) is 19.3 Å². The van der Waals surface area contributed by atoms with Crippen molar-refractivity contribution in [2.75, 3.05) is 0 Å². The first-order chi connectivity index (χ1) is 7.66. The highest BCUT2D eigenvalue weighted by molar-refractivity contribution is 7.02. The van der Waals surface area contributed by atoms with Crippen molar-refractivity contribution in [3.8, 4) is 0 Å². The highest BCUT2D eigenvalue weighted by Gasteiger charge is 2.03. The van der Waals surface area contributed by atoms with Gasteiger partial charge in [-0.3, -0.25) is 10.1 Å². The van der Waals surface area contributed by atoms with Gasteiger partial charge in [0, 0.05) is 30.7 Å². The Labute approximate surface area is 94.0 Å². The largest absolute Gasteiger partial charge is 0.269 e. The van der Waals surface area contributed by atoms with Gasteiger partial charge in [0.2, 0.25) is 4.80 Å². The molecule has 0 fully saturated rings. The molecular formula is C8H7N5O2S. The van der Waals surface area contributed by atoms with Gasteiger partial charge in [-0.1, -0.05) is 9.70 Å². The molecule has 0 N–H and O–H groups in total. The number of non-ortho nitro benzene ring substituents is 1. The predicted molar refractivity (Wildman–Crippen MR) is 57.2 cm³/mol. The summed E-state index contributed by atoms with van der Waals surface area (Å²) in [5, 5.41) is 14.2. The third-order valence-corrected chi connectivity index (χ3v) is 2.53. The molecule has 8 heteroatoms. The van der Waals surface area contributed by atoms with E-state index in [4.69, 9.17) is 0 Å². The number of aryl methyl sites for hydroxylation is 1. The molecule has 0 spiro atoms. The van der Waals surface area contributed by atoms with Gasteiger partial charge in [0.05, 0.1) is 10.6 Å². The first kappa shape index (κ1) is 10.4. The number of benzene rings is 1. The smallest absolute Gasteiger partial charge is 0.258 e. The number of nitro groups is 1. The Kier molecular flexibility index (Phi) is 2.73. The Bertz CT molecular complexity index is 571. The molecule has 0 aliphatic carbocycles. The lowest BCUT2D eigenvalue weighted by Crippen LogP contribution is -2.10. The van der Waals surface area contributed by atoms with Gasteiger partial charge in [-0.05, 0) is 12.1 Å². The van der Waals surface area contributed by atoms with Crippen LogP contribution in [0, 0.1) is 10.1 Å². The molecule has 1 aromatic heterocycles. The molecule has 0 aliphatic heterocycles. The van der Waals surface area contributed by atoms with E-state index in [2.05, 4.69) is 14.7 Å². The van der Waals surface area contributed by atoms with E-state index in [0.29, 0.717) is 10.5 Å². The number of rotatable bonds is 2. The molecular weight excluding hydrogens is 230 g/mol. The van der Waals surface area contributed by atoms with E-state index in [1.165, 1.54) is 16.8 Å². The van der Waals surface area contributed by atoms with E-state index in [1.807, 2.05) is 0 Å². The Morgan fingerprint density at radius 3 is 2.62 bits per heavy atom. The first-order valence-corrected chi connectivity index (χ1v) is 5.09. The van der Waals surface area contributed by atoms with Crippen LogP contribution in [0.2, 0.25) is 0 Å². The van der Waals surface area contributed by atoms with Crippen LogP contribution in [0.3, 0.4) is 0 Å². The van der Waals surface area contributed by atoms with Crippen LogP contribution in [0.1, 0.15) is 0 Å². The van der Waals surface area contributed by atoms with Gasteiger partial charge in [-0.15, -0.1) is 0 Å². The Hall–Kier alpha value is -2.09. The molecule has 0 aliphatic rings. The van der Waals surface area contributed by atoms with Crippen molar-refractivity contribution in [2.24, 2.45) is 12.0 Å². The molecule has 0 amide bonds.